The molecule has 3 heterocycles. The zero-order valence-electron chi connectivity index (χ0n) is 15.5. The van der Waals surface area contributed by atoms with Crippen molar-refractivity contribution in [2.45, 2.75) is 13.5 Å². The molecule has 1 amide bonds. The molecule has 142 valence electrons. The van der Waals surface area contributed by atoms with Gasteiger partial charge in [-0.2, -0.15) is 5.10 Å². The summed E-state index contributed by atoms with van der Waals surface area (Å²) in [6, 6.07) is 11.4. The molecule has 0 fully saturated rings. The molecule has 0 aliphatic carbocycles. The Morgan fingerprint density at radius 1 is 1.25 bits per heavy atom. The number of nitrogens with zero attached hydrogens (tertiary/aromatic N) is 3. The van der Waals surface area contributed by atoms with E-state index in [1.165, 1.54) is 6.08 Å². The predicted molar refractivity (Wildman–Crippen MR) is 105 cm³/mol. The lowest BCUT2D eigenvalue weighted by Crippen LogP contribution is -2.26. The molecule has 4 rings (SSSR count). The van der Waals surface area contributed by atoms with Gasteiger partial charge >= 0.3 is 0 Å². The molecule has 7 heteroatoms. The maximum atomic E-state index is 12.1. The van der Waals surface area contributed by atoms with Crippen LogP contribution in [0, 0.1) is 6.92 Å². The highest BCUT2D eigenvalue weighted by Crippen LogP contribution is 2.32. The fourth-order valence-corrected chi connectivity index (χ4v) is 2.92. The Kier molecular flexibility index (Phi) is 5.05. The monoisotopic (exact) mass is 376 g/mol. The van der Waals surface area contributed by atoms with Crippen LogP contribution in [0.15, 0.2) is 54.9 Å². The number of rotatable bonds is 6. The van der Waals surface area contributed by atoms with E-state index < -0.39 is 0 Å². The second kappa shape index (κ2) is 7.96. The summed E-state index contributed by atoms with van der Waals surface area (Å²) < 4.78 is 12.5. The van der Waals surface area contributed by atoms with Crippen LogP contribution in [-0.4, -0.2) is 34.0 Å². The zero-order valence-corrected chi connectivity index (χ0v) is 15.5. The minimum Gasteiger partial charge on any atom is -0.454 e. The Hall–Kier alpha value is -3.61. The highest BCUT2D eigenvalue weighted by atomic mass is 16.7. The van der Waals surface area contributed by atoms with Gasteiger partial charge in [0.2, 0.25) is 12.7 Å². The summed E-state index contributed by atoms with van der Waals surface area (Å²) in [6.45, 7) is 3.31. The first-order valence-electron chi connectivity index (χ1n) is 8.99. The number of ether oxygens (including phenoxy) is 2. The maximum Gasteiger partial charge on any atom is 0.244 e. The number of aryl methyl sites for hydroxylation is 1. The molecule has 1 aliphatic heterocycles. The number of carbonyl (C=O) groups excluding carboxylic acids is 1. The Labute approximate surface area is 162 Å². The summed E-state index contributed by atoms with van der Waals surface area (Å²) in [4.78, 5) is 16.2. The number of amides is 1. The largest absolute Gasteiger partial charge is 0.454 e. The second-order valence-electron chi connectivity index (χ2n) is 6.37. The molecule has 0 spiro atoms. The van der Waals surface area contributed by atoms with Crippen LogP contribution in [0.2, 0.25) is 0 Å². The molecule has 1 aromatic carbocycles. The molecular formula is C21H20N4O3. The van der Waals surface area contributed by atoms with Crippen molar-refractivity contribution >= 4 is 12.0 Å². The summed E-state index contributed by atoms with van der Waals surface area (Å²) in [5.74, 6) is 1.26. The Morgan fingerprint density at radius 3 is 3.00 bits per heavy atom. The molecule has 3 aromatic rings. The minimum atomic E-state index is -0.157. The van der Waals surface area contributed by atoms with Gasteiger partial charge in [-0.15, -0.1) is 0 Å². The molecule has 0 saturated heterocycles. The normalized spacial score (nSPS) is 12.5. The average molecular weight is 376 g/mol. The van der Waals surface area contributed by atoms with E-state index in [-0.39, 0.29) is 12.7 Å². The van der Waals surface area contributed by atoms with Crippen LogP contribution in [0.4, 0.5) is 0 Å². The van der Waals surface area contributed by atoms with Crippen molar-refractivity contribution in [3.05, 3.63) is 66.1 Å². The van der Waals surface area contributed by atoms with Crippen molar-refractivity contribution in [3.8, 4) is 22.8 Å². The van der Waals surface area contributed by atoms with Crippen LogP contribution < -0.4 is 14.8 Å². The number of nitrogens with one attached hydrogen (secondary N) is 1. The van der Waals surface area contributed by atoms with Gasteiger partial charge in [0.1, 0.15) is 0 Å². The van der Waals surface area contributed by atoms with E-state index in [0.717, 1.165) is 28.3 Å². The van der Waals surface area contributed by atoms with Crippen LogP contribution in [0.3, 0.4) is 0 Å². The smallest absolute Gasteiger partial charge is 0.244 e. The third-order valence-electron chi connectivity index (χ3n) is 4.39. The van der Waals surface area contributed by atoms with Gasteiger partial charge < -0.3 is 14.8 Å². The average Bonchev–Trinajstić information content (AvgIpc) is 3.33. The number of hydrogen-bond donors (Lipinski definition) is 1. The third-order valence-corrected chi connectivity index (χ3v) is 4.39. The summed E-state index contributed by atoms with van der Waals surface area (Å²) in [7, 11) is 0. The van der Waals surface area contributed by atoms with Crippen molar-refractivity contribution in [1.29, 1.82) is 0 Å². The van der Waals surface area contributed by atoms with Crippen molar-refractivity contribution in [2.24, 2.45) is 0 Å². The second-order valence-corrected chi connectivity index (χ2v) is 6.37. The lowest BCUT2D eigenvalue weighted by Gasteiger charge is -2.05. The van der Waals surface area contributed by atoms with Gasteiger partial charge in [0.15, 0.2) is 11.5 Å². The van der Waals surface area contributed by atoms with Crippen LogP contribution in [0.5, 0.6) is 11.5 Å². The predicted octanol–water partition coefficient (Wildman–Crippen LogP) is 2.81. The summed E-state index contributed by atoms with van der Waals surface area (Å²) in [5.41, 5.74) is 3.76. The number of carbonyl (C=O) groups is 1. The van der Waals surface area contributed by atoms with Gasteiger partial charge in [0.25, 0.3) is 0 Å². The minimum absolute atomic E-state index is 0.157. The van der Waals surface area contributed by atoms with E-state index in [4.69, 9.17) is 9.47 Å². The third kappa shape index (κ3) is 4.03. The van der Waals surface area contributed by atoms with Gasteiger partial charge in [-0.3, -0.25) is 14.5 Å². The van der Waals surface area contributed by atoms with Crippen LogP contribution in [0.1, 0.15) is 11.3 Å². The molecule has 7 nitrogen and oxygen atoms in total. The quantitative estimate of drug-likeness (QED) is 0.670. The van der Waals surface area contributed by atoms with Crippen molar-refractivity contribution < 1.29 is 14.3 Å². The van der Waals surface area contributed by atoms with Crippen LogP contribution in [0.25, 0.3) is 17.3 Å². The molecule has 0 unspecified atom stereocenters. The highest BCUT2D eigenvalue weighted by Gasteiger charge is 2.12. The Balaban J connectivity index is 1.30. The molecule has 2 aromatic heterocycles. The first-order chi connectivity index (χ1) is 13.7. The lowest BCUT2D eigenvalue weighted by molar-refractivity contribution is -0.116. The number of fused-ring (bicyclic) bond motifs is 1. The van der Waals surface area contributed by atoms with Gasteiger partial charge in [0.05, 0.1) is 12.2 Å². The molecule has 0 radical (unpaired) electrons. The molecule has 0 atom stereocenters. The Morgan fingerprint density at radius 2 is 2.14 bits per heavy atom. The fraction of sp³-hybridized carbons (Fsp3) is 0.190. The molecule has 1 aliphatic rings. The van der Waals surface area contributed by atoms with Crippen molar-refractivity contribution in [3.63, 3.8) is 0 Å². The number of hydrogen-bond acceptors (Lipinski definition) is 5. The molecule has 1 N–H and O–H groups in total. The van der Waals surface area contributed by atoms with Crippen molar-refractivity contribution in [2.75, 3.05) is 13.3 Å². The van der Waals surface area contributed by atoms with Gasteiger partial charge in [-0.1, -0.05) is 6.07 Å². The number of benzene rings is 1. The molecule has 0 saturated carbocycles. The molecule has 0 bridgehead atoms. The first-order valence-corrected chi connectivity index (χ1v) is 8.99. The maximum absolute atomic E-state index is 12.1. The van der Waals surface area contributed by atoms with E-state index in [1.807, 2.05) is 48.0 Å². The zero-order chi connectivity index (χ0) is 19.3. The standard InChI is InChI=1S/C21H20N4O3/c1-15-11-18(17-3-2-8-22-13-17)24-25(15)10-9-23-21(26)7-5-16-4-6-19-20(12-16)28-14-27-19/h2-8,11-13H,9-10,14H2,1H3,(H,23,26)/b7-5+. The Bertz CT molecular complexity index is 1010. The van der Waals surface area contributed by atoms with Gasteiger partial charge in [0, 0.05) is 36.3 Å². The van der Waals surface area contributed by atoms with E-state index in [0.29, 0.717) is 18.8 Å². The topological polar surface area (TPSA) is 78.3 Å². The number of pyridine rings is 1. The van der Waals surface area contributed by atoms with E-state index >= 15 is 0 Å². The fourth-order valence-electron chi connectivity index (χ4n) is 2.92. The first kappa shape index (κ1) is 17.8. The van der Waals surface area contributed by atoms with Gasteiger partial charge in [-0.25, -0.2) is 0 Å². The molecule has 28 heavy (non-hydrogen) atoms. The van der Waals surface area contributed by atoms with Crippen LogP contribution in [-0.2, 0) is 11.3 Å². The summed E-state index contributed by atoms with van der Waals surface area (Å²) in [6.07, 6.45) is 6.78. The van der Waals surface area contributed by atoms with Gasteiger partial charge in [-0.05, 0) is 48.9 Å². The van der Waals surface area contributed by atoms with E-state index in [2.05, 4.69) is 15.4 Å². The van der Waals surface area contributed by atoms with E-state index in [9.17, 15) is 4.79 Å². The highest BCUT2D eigenvalue weighted by molar-refractivity contribution is 5.91. The van der Waals surface area contributed by atoms with Crippen LogP contribution >= 0.6 is 0 Å². The summed E-state index contributed by atoms with van der Waals surface area (Å²) in [5, 5.41) is 7.46. The van der Waals surface area contributed by atoms with Crippen molar-refractivity contribution in [1.82, 2.24) is 20.1 Å². The van der Waals surface area contributed by atoms with E-state index in [1.54, 1.807) is 18.5 Å². The summed E-state index contributed by atoms with van der Waals surface area (Å²) >= 11 is 0. The lowest BCUT2D eigenvalue weighted by atomic mass is 10.2. The molecular weight excluding hydrogens is 356 g/mol. The number of aromatic nitrogens is 3. The SMILES string of the molecule is Cc1cc(-c2cccnc2)nn1CCNC(=O)/C=C/c1ccc2c(c1)OCO2.